The van der Waals surface area contributed by atoms with Crippen molar-refractivity contribution in [2.75, 3.05) is 0 Å². The summed E-state index contributed by atoms with van der Waals surface area (Å²) >= 11 is 15.3. The van der Waals surface area contributed by atoms with Crippen LogP contribution in [0, 0.1) is 13.8 Å². The smallest absolute Gasteiger partial charge is 0.170 e. The van der Waals surface area contributed by atoms with Crippen molar-refractivity contribution >= 4 is 45.2 Å². The lowest BCUT2D eigenvalue weighted by Gasteiger charge is -2.18. The number of hydrogen-bond donors (Lipinski definition) is 0. The molecule has 1 atom stereocenters. The standard InChI is InChI=1S/C18H14BrCl2F3/c1-10-3-4-12(7-15(10)19)5-6-14(18(22,23)24)13-8-16(20)11(2)17(21)9-13/h3-9,14H,1-2H3/b6-5+. The van der Waals surface area contributed by atoms with Gasteiger partial charge in [0.05, 0.1) is 5.92 Å². The third-order valence-electron chi connectivity index (χ3n) is 3.69. The summed E-state index contributed by atoms with van der Waals surface area (Å²) in [6.07, 6.45) is -1.88. The maximum absolute atomic E-state index is 13.5. The summed E-state index contributed by atoms with van der Waals surface area (Å²) in [4.78, 5) is 0. The van der Waals surface area contributed by atoms with Gasteiger partial charge in [0.1, 0.15) is 0 Å². The van der Waals surface area contributed by atoms with Gasteiger partial charge in [-0.25, -0.2) is 0 Å². The van der Waals surface area contributed by atoms with Gasteiger partial charge in [0.25, 0.3) is 0 Å². The number of aryl methyl sites for hydroxylation is 1. The van der Waals surface area contributed by atoms with Gasteiger partial charge in [-0.15, -0.1) is 0 Å². The third kappa shape index (κ3) is 4.56. The van der Waals surface area contributed by atoms with Crippen LogP contribution in [0.1, 0.15) is 28.2 Å². The van der Waals surface area contributed by atoms with Crippen molar-refractivity contribution < 1.29 is 13.2 Å². The molecule has 2 aromatic rings. The molecule has 0 radical (unpaired) electrons. The van der Waals surface area contributed by atoms with Crippen molar-refractivity contribution in [3.05, 3.63) is 73.2 Å². The molecule has 0 amide bonds. The van der Waals surface area contributed by atoms with E-state index in [0.717, 1.165) is 16.1 Å². The zero-order valence-corrected chi connectivity index (χ0v) is 16.0. The van der Waals surface area contributed by atoms with Crippen LogP contribution in [0.2, 0.25) is 10.0 Å². The zero-order valence-electron chi connectivity index (χ0n) is 12.9. The number of hydrogen-bond acceptors (Lipinski definition) is 0. The Bertz CT molecular complexity index is 759. The molecule has 0 bridgehead atoms. The monoisotopic (exact) mass is 436 g/mol. The summed E-state index contributed by atoms with van der Waals surface area (Å²) < 4.78 is 41.2. The molecule has 1 unspecified atom stereocenters. The Labute approximate surface area is 157 Å². The molecule has 6 heteroatoms. The Morgan fingerprint density at radius 3 is 2.12 bits per heavy atom. The minimum atomic E-state index is -4.44. The minimum absolute atomic E-state index is 0.0190. The highest BCUT2D eigenvalue weighted by Gasteiger charge is 2.39. The molecular weight excluding hydrogens is 424 g/mol. The van der Waals surface area contributed by atoms with Crippen LogP contribution in [0.5, 0.6) is 0 Å². The van der Waals surface area contributed by atoms with E-state index in [4.69, 9.17) is 23.2 Å². The fourth-order valence-electron chi connectivity index (χ4n) is 2.17. The van der Waals surface area contributed by atoms with Crippen LogP contribution in [-0.2, 0) is 0 Å². The van der Waals surface area contributed by atoms with Crippen molar-refractivity contribution in [2.24, 2.45) is 0 Å². The lowest BCUT2D eigenvalue weighted by molar-refractivity contribution is -0.139. The van der Waals surface area contributed by atoms with Crippen LogP contribution < -0.4 is 0 Å². The first-order valence-corrected chi connectivity index (χ1v) is 8.61. The quantitative estimate of drug-likeness (QED) is 0.460. The molecule has 0 aliphatic heterocycles. The topological polar surface area (TPSA) is 0 Å². The molecule has 0 spiro atoms. The Morgan fingerprint density at radius 1 is 1.04 bits per heavy atom. The molecular formula is C18H14BrCl2F3. The number of benzene rings is 2. The van der Waals surface area contributed by atoms with E-state index < -0.39 is 12.1 Å². The van der Waals surface area contributed by atoms with Crippen LogP contribution in [-0.4, -0.2) is 6.18 Å². The van der Waals surface area contributed by atoms with E-state index in [0.29, 0.717) is 11.1 Å². The largest absolute Gasteiger partial charge is 0.399 e. The third-order valence-corrected chi connectivity index (χ3v) is 5.33. The maximum Gasteiger partial charge on any atom is 0.399 e. The highest BCUT2D eigenvalue weighted by molar-refractivity contribution is 9.10. The van der Waals surface area contributed by atoms with Crippen molar-refractivity contribution in [3.8, 4) is 0 Å². The van der Waals surface area contributed by atoms with Crippen LogP contribution >= 0.6 is 39.1 Å². The zero-order chi connectivity index (χ0) is 18.1. The molecule has 0 aliphatic rings. The fourth-order valence-corrected chi connectivity index (χ4v) is 3.07. The van der Waals surface area contributed by atoms with Crippen molar-refractivity contribution in [2.45, 2.75) is 25.9 Å². The number of allylic oxidation sites excluding steroid dienone is 1. The lowest BCUT2D eigenvalue weighted by Crippen LogP contribution is -2.19. The van der Waals surface area contributed by atoms with Gasteiger partial charge in [-0.2, -0.15) is 13.2 Å². The second kappa shape index (κ2) is 7.51. The molecule has 128 valence electrons. The summed E-state index contributed by atoms with van der Waals surface area (Å²) in [6.45, 7) is 3.57. The molecule has 2 aromatic carbocycles. The van der Waals surface area contributed by atoms with E-state index >= 15 is 0 Å². The Morgan fingerprint density at radius 2 is 1.62 bits per heavy atom. The van der Waals surface area contributed by atoms with Gasteiger partial charge in [-0.05, 0) is 54.3 Å². The first-order valence-electron chi connectivity index (χ1n) is 7.06. The predicted octanol–water partition coefficient (Wildman–Crippen LogP) is 7.73. The van der Waals surface area contributed by atoms with E-state index in [9.17, 15) is 13.2 Å². The first kappa shape index (κ1) is 19.4. The molecule has 0 fully saturated rings. The van der Waals surface area contributed by atoms with Crippen LogP contribution in [0.4, 0.5) is 13.2 Å². The summed E-state index contributed by atoms with van der Waals surface area (Å²) in [7, 11) is 0. The van der Waals surface area contributed by atoms with Gasteiger partial charge in [-0.3, -0.25) is 0 Å². The Hall–Kier alpha value is -0.970. The van der Waals surface area contributed by atoms with Gasteiger partial charge in [0.15, 0.2) is 0 Å². The molecule has 2 rings (SSSR count). The molecule has 0 nitrogen and oxygen atoms in total. The van der Waals surface area contributed by atoms with Crippen molar-refractivity contribution in [1.82, 2.24) is 0 Å². The molecule has 0 heterocycles. The van der Waals surface area contributed by atoms with E-state index in [1.54, 1.807) is 19.1 Å². The van der Waals surface area contributed by atoms with Gasteiger partial charge in [0.2, 0.25) is 0 Å². The lowest BCUT2D eigenvalue weighted by atomic mass is 9.96. The summed E-state index contributed by atoms with van der Waals surface area (Å²) in [6, 6.07) is 8.01. The van der Waals surface area contributed by atoms with Crippen LogP contribution in [0.3, 0.4) is 0 Å². The molecule has 0 saturated heterocycles. The van der Waals surface area contributed by atoms with Crippen LogP contribution in [0.25, 0.3) is 6.08 Å². The number of rotatable bonds is 3. The highest BCUT2D eigenvalue weighted by Crippen LogP contribution is 2.39. The Kier molecular flexibility index (Phi) is 6.05. The van der Waals surface area contributed by atoms with Gasteiger partial charge in [0, 0.05) is 14.5 Å². The highest BCUT2D eigenvalue weighted by atomic mass is 79.9. The van der Waals surface area contributed by atoms with Gasteiger partial charge in [-0.1, -0.05) is 63.4 Å². The average molecular weight is 438 g/mol. The number of alkyl halides is 3. The minimum Gasteiger partial charge on any atom is -0.170 e. The predicted molar refractivity (Wildman–Crippen MR) is 97.9 cm³/mol. The number of halogens is 6. The molecule has 0 aromatic heterocycles. The Balaban J connectivity index is 2.43. The average Bonchev–Trinajstić information content (AvgIpc) is 2.47. The summed E-state index contributed by atoms with van der Waals surface area (Å²) in [5.41, 5.74) is 2.27. The van der Waals surface area contributed by atoms with Crippen molar-refractivity contribution in [3.63, 3.8) is 0 Å². The van der Waals surface area contributed by atoms with E-state index in [-0.39, 0.29) is 15.6 Å². The van der Waals surface area contributed by atoms with Crippen molar-refractivity contribution in [1.29, 1.82) is 0 Å². The second-order valence-corrected chi connectivity index (χ2v) is 7.17. The van der Waals surface area contributed by atoms with E-state index in [1.165, 1.54) is 18.2 Å². The normalized spacial score (nSPS) is 13.5. The van der Waals surface area contributed by atoms with Crippen LogP contribution in [0.15, 0.2) is 40.9 Å². The summed E-state index contributed by atoms with van der Waals surface area (Å²) in [5.74, 6) is -1.78. The molecule has 0 N–H and O–H groups in total. The molecule has 24 heavy (non-hydrogen) atoms. The molecule has 0 aliphatic carbocycles. The summed E-state index contributed by atoms with van der Waals surface area (Å²) in [5, 5.41) is 0.441. The maximum atomic E-state index is 13.5. The van der Waals surface area contributed by atoms with Gasteiger partial charge < -0.3 is 0 Å². The fraction of sp³-hybridized carbons (Fsp3) is 0.222. The molecule has 0 saturated carbocycles. The second-order valence-electron chi connectivity index (χ2n) is 5.50. The van der Waals surface area contributed by atoms with Gasteiger partial charge >= 0.3 is 6.18 Å². The van der Waals surface area contributed by atoms with E-state index in [1.807, 2.05) is 13.0 Å². The first-order chi connectivity index (χ1) is 11.1. The SMILES string of the molecule is Cc1ccc(/C=C/C(c2cc(Cl)c(C)c(Cl)c2)C(F)(F)F)cc1Br. The van der Waals surface area contributed by atoms with E-state index in [2.05, 4.69) is 15.9 Å².